The first-order valence-electron chi connectivity index (χ1n) is 9.91. The second kappa shape index (κ2) is 6.98. The average Bonchev–Trinajstić information content (AvgIpc) is 3.15. The Kier molecular flexibility index (Phi) is 4.30. The van der Waals surface area contributed by atoms with Gasteiger partial charge < -0.3 is 14.5 Å². The van der Waals surface area contributed by atoms with E-state index in [0.717, 1.165) is 30.2 Å². The van der Waals surface area contributed by atoms with Gasteiger partial charge >= 0.3 is 0 Å². The molecule has 4 heterocycles. The van der Waals surface area contributed by atoms with E-state index in [4.69, 9.17) is 4.74 Å². The zero-order chi connectivity index (χ0) is 20.0. The van der Waals surface area contributed by atoms with Crippen LogP contribution in [0.25, 0.3) is 11.2 Å². The Morgan fingerprint density at radius 2 is 2.10 bits per heavy atom. The number of nitrogens with zero attached hydrogens (tertiary/aromatic N) is 7. The summed E-state index contributed by atoms with van der Waals surface area (Å²) >= 11 is 0. The van der Waals surface area contributed by atoms with Crippen molar-refractivity contribution in [2.45, 2.75) is 26.4 Å². The molecule has 2 aliphatic heterocycles. The Morgan fingerprint density at radius 3 is 2.90 bits per heavy atom. The fourth-order valence-electron chi connectivity index (χ4n) is 4.13. The van der Waals surface area contributed by atoms with Gasteiger partial charge in [-0.25, -0.2) is 14.6 Å². The lowest BCUT2D eigenvalue weighted by Gasteiger charge is -2.42. The van der Waals surface area contributed by atoms with Gasteiger partial charge in [0, 0.05) is 32.7 Å². The van der Waals surface area contributed by atoms with Crippen LogP contribution in [0.5, 0.6) is 5.75 Å². The monoisotopic (exact) mass is 393 g/mol. The highest BCUT2D eigenvalue weighted by Crippen LogP contribution is 2.30. The van der Waals surface area contributed by atoms with Crippen molar-refractivity contribution in [3.05, 3.63) is 35.7 Å². The van der Waals surface area contributed by atoms with E-state index in [2.05, 4.69) is 37.3 Å². The molecule has 3 aromatic rings. The van der Waals surface area contributed by atoms with Crippen LogP contribution < -0.4 is 9.64 Å². The molecular formula is C20H23N7O2. The molecule has 0 radical (unpaired) electrons. The zero-order valence-electron chi connectivity index (χ0n) is 16.6. The number of ether oxygens (including phenoxy) is 1. The fourth-order valence-corrected chi connectivity index (χ4v) is 4.13. The highest BCUT2D eigenvalue weighted by atomic mass is 16.5. The summed E-state index contributed by atoms with van der Waals surface area (Å²) in [5.74, 6) is 1.83. The lowest BCUT2D eigenvalue weighted by atomic mass is 9.94. The predicted octanol–water partition coefficient (Wildman–Crippen LogP) is 1.27. The van der Waals surface area contributed by atoms with E-state index in [1.165, 1.54) is 17.5 Å². The highest BCUT2D eigenvalue weighted by molar-refractivity contribution is 5.86. The molecule has 0 unspecified atom stereocenters. The minimum Gasteiger partial charge on any atom is -0.497 e. The van der Waals surface area contributed by atoms with Crippen molar-refractivity contribution in [3.8, 4) is 5.75 Å². The summed E-state index contributed by atoms with van der Waals surface area (Å²) in [6, 6.07) is 6.10. The smallest absolute Gasteiger partial charge is 0.229 e. The predicted molar refractivity (Wildman–Crippen MR) is 107 cm³/mol. The van der Waals surface area contributed by atoms with Gasteiger partial charge in [-0.2, -0.15) is 0 Å². The minimum absolute atomic E-state index is 0.0129. The van der Waals surface area contributed by atoms with Gasteiger partial charge in [0.15, 0.2) is 17.0 Å². The molecule has 0 aliphatic carbocycles. The van der Waals surface area contributed by atoms with Crippen LogP contribution >= 0.6 is 0 Å². The maximum absolute atomic E-state index is 13.0. The van der Waals surface area contributed by atoms with Gasteiger partial charge in [-0.15, -0.1) is 5.10 Å². The number of carbonyl (C=O) groups is 1. The molecule has 0 saturated carbocycles. The summed E-state index contributed by atoms with van der Waals surface area (Å²) in [5.41, 5.74) is 3.90. The molecule has 0 N–H and O–H groups in total. The Labute approximate surface area is 168 Å². The van der Waals surface area contributed by atoms with Crippen molar-refractivity contribution in [1.82, 2.24) is 29.9 Å². The fraction of sp³-hybridized carbons (Fsp3) is 0.450. The standard InChI is InChI=1S/C20H23N7O2/c1-3-27-19-17(23-24-27)18(21-12-22-19)26-10-15(11-26)20(28)25-7-6-13-8-16(29-2)5-4-14(13)9-25/h4-5,8,12,15H,3,6-7,9-11H2,1-2H3. The lowest BCUT2D eigenvalue weighted by Crippen LogP contribution is -2.55. The Balaban J connectivity index is 1.27. The maximum atomic E-state index is 13.0. The van der Waals surface area contributed by atoms with Crippen LogP contribution in [0.4, 0.5) is 5.82 Å². The molecule has 0 bridgehead atoms. The van der Waals surface area contributed by atoms with Crippen LogP contribution in [-0.4, -0.2) is 62.5 Å². The molecule has 1 aromatic carbocycles. The van der Waals surface area contributed by atoms with E-state index in [9.17, 15) is 4.79 Å². The van der Waals surface area contributed by atoms with E-state index in [1.54, 1.807) is 11.8 Å². The number of hydrogen-bond donors (Lipinski definition) is 0. The first-order chi connectivity index (χ1) is 14.2. The maximum Gasteiger partial charge on any atom is 0.229 e. The average molecular weight is 393 g/mol. The third kappa shape index (κ3) is 2.97. The molecule has 2 aromatic heterocycles. The molecule has 0 atom stereocenters. The SMILES string of the molecule is CCn1nnc2c(N3CC(C(=O)N4CCc5cc(OC)ccc5C4)C3)ncnc21. The Bertz CT molecular complexity index is 1070. The van der Waals surface area contributed by atoms with Gasteiger partial charge in [0.2, 0.25) is 5.91 Å². The molecule has 1 amide bonds. The van der Waals surface area contributed by atoms with E-state index < -0.39 is 0 Å². The summed E-state index contributed by atoms with van der Waals surface area (Å²) in [4.78, 5) is 25.8. The lowest BCUT2D eigenvalue weighted by molar-refractivity contribution is -0.137. The van der Waals surface area contributed by atoms with Crippen molar-refractivity contribution in [1.29, 1.82) is 0 Å². The molecule has 1 saturated heterocycles. The number of benzene rings is 1. The van der Waals surface area contributed by atoms with Crippen LogP contribution in [0.2, 0.25) is 0 Å². The molecule has 29 heavy (non-hydrogen) atoms. The van der Waals surface area contributed by atoms with Crippen molar-refractivity contribution in [2.75, 3.05) is 31.6 Å². The third-order valence-electron chi connectivity index (χ3n) is 5.85. The molecule has 9 heteroatoms. The van der Waals surface area contributed by atoms with Crippen molar-refractivity contribution < 1.29 is 9.53 Å². The van der Waals surface area contributed by atoms with Gasteiger partial charge in [-0.3, -0.25) is 4.79 Å². The zero-order valence-corrected chi connectivity index (χ0v) is 16.6. The number of amides is 1. The number of carbonyl (C=O) groups excluding carboxylic acids is 1. The van der Waals surface area contributed by atoms with Crippen LogP contribution in [0.15, 0.2) is 24.5 Å². The van der Waals surface area contributed by atoms with Crippen LogP contribution in [0.3, 0.4) is 0 Å². The van der Waals surface area contributed by atoms with Gasteiger partial charge in [-0.05, 0) is 36.6 Å². The molecule has 0 spiro atoms. The van der Waals surface area contributed by atoms with Crippen LogP contribution in [-0.2, 0) is 24.3 Å². The Morgan fingerprint density at radius 1 is 1.24 bits per heavy atom. The van der Waals surface area contributed by atoms with Crippen molar-refractivity contribution >= 4 is 22.9 Å². The molecule has 150 valence electrons. The number of anilines is 1. The van der Waals surface area contributed by atoms with Crippen molar-refractivity contribution in [3.63, 3.8) is 0 Å². The molecule has 1 fully saturated rings. The number of aryl methyl sites for hydroxylation is 1. The molecule has 2 aliphatic rings. The minimum atomic E-state index is -0.0129. The van der Waals surface area contributed by atoms with Crippen LogP contribution in [0, 0.1) is 5.92 Å². The van der Waals surface area contributed by atoms with Gasteiger partial charge in [0.25, 0.3) is 0 Å². The number of hydrogen-bond acceptors (Lipinski definition) is 7. The topological polar surface area (TPSA) is 89.3 Å². The first kappa shape index (κ1) is 17.8. The molecule has 9 nitrogen and oxygen atoms in total. The van der Waals surface area contributed by atoms with E-state index in [0.29, 0.717) is 31.7 Å². The van der Waals surface area contributed by atoms with Gasteiger partial charge in [-0.1, -0.05) is 11.3 Å². The second-order valence-corrected chi connectivity index (χ2v) is 7.52. The molecular weight excluding hydrogens is 370 g/mol. The summed E-state index contributed by atoms with van der Waals surface area (Å²) in [7, 11) is 1.68. The van der Waals surface area contributed by atoms with E-state index >= 15 is 0 Å². The second-order valence-electron chi connectivity index (χ2n) is 7.52. The number of rotatable bonds is 4. The summed E-state index contributed by atoms with van der Waals surface area (Å²) < 4.78 is 7.06. The quantitative estimate of drug-likeness (QED) is 0.659. The number of aromatic nitrogens is 5. The highest BCUT2D eigenvalue weighted by Gasteiger charge is 2.38. The Hall–Kier alpha value is -3.23. The van der Waals surface area contributed by atoms with Gasteiger partial charge in [0.1, 0.15) is 12.1 Å². The number of fused-ring (bicyclic) bond motifs is 2. The summed E-state index contributed by atoms with van der Waals surface area (Å²) in [6.07, 6.45) is 2.40. The van der Waals surface area contributed by atoms with Crippen molar-refractivity contribution in [2.24, 2.45) is 5.92 Å². The van der Waals surface area contributed by atoms with Gasteiger partial charge in [0.05, 0.1) is 13.0 Å². The van der Waals surface area contributed by atoms with E-state index in [-0.39, 0.29) is 11.8 Å². The first-order valence-corrected chi connectivity index (χ1v) is 9.91. The summed E-state index contributed by atoms with van der Waals surface area (Å²) in [5, 5.41) is 8.36. The number of methoxy groups -OCH3 is 1. The third-order valence-corrected chi connectivity index (χ3v) is 5.85. The summed E-state index contributed by atoms with van der Waals surface area (Å²) in [6.45, 7) is 5.42. The van der Waals surface area contributed by atoms with Crippen LogP contribution in [0.1, 0.15) is 18.1 Å². The largest absolute Gasteiger partial charge is 0.497 e. The normalized spacial score (nSPS) is 16.6. The molecule has 5 rings (SSSR count). The van der Waals surface area contributed by atoms with E-state index in [1.807, 2.05) is 17.9 Å².